The summed E-state index contributed by atoms with van der Waals surface area (Å²) in [5.41, 5.74) is 8.00. The normalized spacial score (nSPS) is 16.6. The van der Waals surface area contributed by atoms with Gasteiger partial charge in [0, 0.05) is 24.7 Å². The van der Waals surface area contributed by atoms with Gasteiger partial charge in [0.25, 0.3) is 5.91 Å². The van der Waals surface area contributed by atoms with Crippen molar-refractivity contribution in [3.05, 3.63) is 45.7 Å². The minimum atomic E-state index is -0.575. The van der Waals surface area contributed by atoms with Gasteiger partial charge >= 0.3 is 0 Å². The van der Waals surface area contributed by atoms with Crippen LogP contribution < -0.4 is 11.1 Å². The molecule has 6 nitrogen and oxygen atoms in total. The second-order valence-electron chi connectivity index (χ2n) is 6.34. The number of hydrogen-bond donors (Lipinski definition) is 3. The van der Waals surface area contributed by atoms with E-state index in [0.717, 1.165) is 17.5 Å². The molecule has 0 radical (unpaired) electrons. The summed E-state index contributed by atoms with van der Waals surface area (Å²) in [6, 6.07) is 4.79. The zero-order valence-corrected chi connectivity index (χ0v) is 15.3. The first-order chi connectivity index (χ1) is 11.8. The standard InChI is InChI=1S/C18H24ClN3O3/c1-11(2)16(23)18(25)22-7-3-4-15(22)17(24)21-10-13-8-14(19)6-5-12(13)9-20/h5-6,8,15,23H,3-4,7,9-10,20H2,1-2H3,(H,21,24). The summed E-state index contributed by atoms with van der Waals surface area (Å²) in [6.45, 7) is 4.42. The number of benzene rings is 1. The summed E-state index contributed by atoms with van der Waals surface area (Å²) in [6.07, 6.45) is 1.30. The van der Waals surface area contributed by atoms with Crippen molar-refractivity contribution in [2.24, 2.45) is 5.73 Å². The molecule has 0 saturated carbocycles. The van der Waals surface area contributed by atoms with Gasteiger partial charge in [-0.05, 0) is 55.5 Å². The van der Waals surface area contributed by atoms with Crippen molar-refractivity contribution in [2.75, 3.05) is 6.54 Å². The molecule has 1 fully saturated rings. The molecular weight excluding hydrogens is 342 g/mol. The fraction of sp³-hybridized carbons (Fsp3) is 0.444. The molecule has 7 heteroatoms. The van der Waals surface area contributed by atoms with Crippen LogP contribution in [0.5, 0.6) is 0 Å². The summed E-state index contributed by atoms with van der Waals surface area (Å²) in [5.74, 6) is -1.03. The lowest BCUT2D eigenvalue weighted by atomic mass is 10.1. The van der Waals surface area contributed by atoms with Crippen LogP contribution in [0.1, 0.15) is 37.8 Å². The highest BCUT2D eigenvalue weighted by atomic mass is 35.5. The van der Waals surface area contributed by atoms with Crippen molar-refractivity contribution < 1.29 is 14.7 Å². The van der Waals surface area contributed by atoms with E-state index in [-0.39, 0.29) is 11.7 Å². The van der Waals surface area contributed by atoms with Gasteiger partial charge in [-0.15, -0.1) is 0 Å². The van der Waals surface area contributed by atoms with Crippen molar-refractivity contribution in [1.29, 1.82) is 0 Å². The maximum Gasteiger partial charge on any atom is 0.289 e. The van der Waals surface area contributed by atoms with Crippen LogP contribution >= 0.6 is 11.6 Å². The van der Waals surface area contributed by atoms with Gasteiger partial charge in [-0.1, -0.05) is 17.7 Å². The van der Waals surface area contributed by atoms with Crippen LogP contribution in [0.4, 0.5) is 0 Å². The highest BCUT2D eigenvalue weighted by molar-refractivity contribution is 6.30. The molecule has 0 aromatic heterocycles. The molecule has 0 bridgehead atoms. The lowest BCUT2D eigenvalue weighted by Crippen LogP contribution is -2.46. The van der Waals surface area contributed by atoms with Gasteiger partial charge in [-0.3, -0.25) is 9.59 Å². The van der Waals surface area contributed by atoms with Gasteiger partial charge < -0.3 is 21.1 Å². The largest absolute Gasteiger partial charge is 0.503 e. The van der Waals surface area contributed by atoms with E-state index in [1.165, 1.54) is 4.90 Å². The van der Waals surface area contributed by atoms with E-state index >= 15 is 0 Å². The molecule has 1 aromatic rings. The van der Waals surface area contributed by atoms with E-state index in [2.05, 4.69) is 5.32 Å². The molecule has 1 heterocycles. The lowest BCUT2D eigenvalue weighted by Gasteiger charge is -2.24. The quantitative estimate of drug-likeness (QED) is 0.551. The number of amides is 2. The van der Waals surface area contributed by atoms with Crippen LogP contribution in [0.25, 0.3) is 0 Å². The van der Waals surface area contributed by atoms with Crippen molar-refractivity contribution in [3.63, 3.8) is 0 Å². The number of carbonyl (C=O) groups excluding carboxylic acids is 2. The Labute approximate surface area is 152 Å². The number of carbonyl (C=O) groups is 2. The maximum absolute atomic E-state index is 12.5. The van der Waals surface area contributed by atoms with Crippen LogP contribution in [0.3, 0.4) is 0 Å². The molecule has 25 heavy (non-hydrogen) atoms. The van der Waals surface area contributed by atoms with E-state index in [1.807, 2.05) is 6.07 Å². The topological polar surface area (TPSA) is 95.7 Å². The van der Waals surface area contributed by atoms with Gasteiger partial charge in [0.1, 0.15) is 6.04 Å². The molecule has 1 aliphatic rings. The Morgan fingerprint density at radius 2 is 2.08 bits per heavy atom. The molecule has 4 N–H and O–H groups in total. The van der Waals surface area contributed by atoms with E-state index < -0.39 is 11.9 Å². The Bertz CT molecular complexity index is 699. The van der Waals surface area contributed by atoms with Crippen molar-refractivity contribution in [1.82, 2.24) is 10.2 Å². The number of nitrogens with zero attached hydrogens (tertiary/aromatic N) is 1. The molecule has 1 unspecified atom stereocenters. The molecule has 1 aliphatic heterocycles. The third-order valence-electron chi connectivity index (χ3n) is 4.33. The minimum absolute atomic E-state index is 0.240. The number of likely N-dealkylation sites (tertiary alicyclic amines) is 1. The predicted octanol–water partition coefficient (Wildman–Crippen LogP) is 2.26. The van der Waals surface area contributed by atoms with Crippen molar-refractivity contribution in [2.45, 2.75) is 45.8 Å². The second kappa shape index (κ2) is 8.36. The molecule has 0 spiro atoms. The molecule has 0 aliphatic carbocycles. The Balaban J connectivity index is 2.06. The van der Waals surface area contributed by atoms with E-state index in [0.29, 0.717) is 36.7 Å². The average Bonchev–Trinajstić information content (AvgIpc) is 3.08. The number of aliphatic hydroxyl groups is 1. The summed E-state index contributed by atoms with van der Waals surface area (Å²) in [5, 5.41) is 13.3. The van der Waals surface area contributed by atoms with Gasteiger partial charge in [0.15, 0.2) is 5.76 Å². The number of nitrogens with one attached hydrogen (secondary N) is 1. The van der Waals surface area contributed by atoms with Crippen LogP contribution in [0.15, 0.2) is 29.5 Å². The number of hydrogen-bond acceptors (Lipinski definition) is 4. The number of allylic oxidation sites excluding steroid dienone is 1. The summed E-state index contributed by atoms with van der Waals surface area (Å²) < 4.78 is 0. The summed E-state index contributed by atoms with van der Waals surface area (Å²) in [7, 11) is 0. The molecule has 1 saturated heterocycles. The fourth-order valence-electron chi connectivity index (χ4n) is 2.89. The van der Waals surface area contributed by atoms with Crippen LogP contribution in [0.2, 0.25) is 5.02 Å². The van der Waals surface area contributed by atoms with Crippen molar-refractivity contribution in [3.8, 4) is 0 Å². The van der Waals surface area contributed by atoms with Gasteiger partial charge in [-0.25, -0.2) is 0 Å². The smallest absolute Gasteiger partial charge is 0.289 e. The first-order valence-electron chi connectivity index (χ1n) is 8.27. The van der Waals surface area contributed by atoms with E-state index in [4.69, 9.17) is 17.3 Å². The average molecular weight is 366 g/mol. The third-order valence-corrected chi connectivity index (χ3v) is 4.57. The Kier molecular flexibility index (Phi) is 6.45. The first kappa shape index (κ1) is 19.3. The van der Waals surface area contributed by atoms with Gasteiger partial charge in [0.05, 0.1) is 0 Å². The Morgan fingerprint density at radius 3 is 2.72 bits per heavy atom. The minimum Gasteiger partial charge on any atom is -0.503 e. The zero-order valence-electron chi connectivity index (χ0n) is 14.5. The molecule has 136 valence electrons. The number of nitrogens with two attached hydrogens (primary N) is 1. The molecule has 1 atom stereocenters. The maximum atomic E-state index is 12.5. The monoisotopic (exact) mass is 365 g/mol. The SMILES string of the molecule is CC(C)=C(O)C(=O)N1CCCC1C(=O)NCc1cc(Cl)ccc1CN. The highest BCUT2D eigenvalue weighted by Crippen LogP contribution is 2.21. The third kappa shape index (κ3) is 4.52. The Hall–Kier alpha value is -2.05. The Morgan fingerprint density at radius 1 is 1.36 bits per heavy atom. The second-order valence-corrected chi connectivity index (χ2v) is 6.78. The molecule has 1 aromatic carbocycles. The van der Waals surface area contributed by atoms with Crippen LogP contribution in [-0.2, 0) is 22.7 Å². The van der Waals surface area contributed by atoms with Gasteiger partial charge in [-0.2, -0.15) is 0 Å². The number of halogens is 1. The van der Waals surface area contributed by atoms with Crippen LogP contribution in [-0.4, -0.2) is 34.4 Å². The first-order valence-corrected chi connectivity index (χ1v) is 8.65. The highest BCUT2D eigenvalue weighted by Gasteiger charge is 2.35. The van der Waals surface area contributed by atoms with E-state index in [1.54, 1.807) is 26.0 Å². The fourth-order valence-corrected chi connectivity index (χ4v) is 3.09. The molecular formula is C18H24ClN3O3. The van der Waals surface area contributed by atoms with Gasteiger partial charge in [0.2, 0.25) is 5.91 Å². The predicted molar refractivity (Wildman–Crippen MR) is 96.9 cm³/mol. The summed E-state index contributed by atoms with van der Waals surface area (Å²) in [4.78, 5) is 26.3. The number of rotatable bonds is 5. The number of aliphatic hydroxyl groups excluding tert-OH is 1. The molecule has 2 rings (SSSR count). The molecule has 2 amide bonds. The lowest BCUT2D eigenvalue weighted by molar-refractivity contribution is -0.137. The van der Waals surface area contributed by atoms with Crippen LogP contribution in [0, 0.1) is 0 Å². The summed E-state index contributed by atoms with van der Waals surface area (Å²) >= 11 is 6.01. The van der Waals surface area contributed by atoms with Crippen molar-refractivity contribution >= 4 is 23.4 Å². The van der Waals surface area contributed by atoms with E-state index in [9.17, 15) is 14.7 Å². The zero-order chi connectivity index (χ0) is 18.6.